The second-order valence-electron chi connectivity index (χ2n) is 6.48. The fourth-order valence-electron chi connectivity index (χ4n) is 3.15. The molecule has 31 heavy (non-hydrogen) atoms. The Morgan fingerprint density at radius 2 is 1.71 bits per heavy atom. The Kier molecular flexibility index (Phi) is 4.54. The maximum Gasteiger partial charge on any atom is 0.453 e. The van der Waals surface area contributed by atoms with Crippen LogP contribution in [0.1, 0.15) is 5.82 Å². The molecule has 0 unspecified atom stereocenters. The molecule has 5 rings (SSSR count). The first kappa shape index (κ1) is 19.4. The summed E-state index contributed by atoms with van der Waals surface area (Å²) in [6.45, 7) is 0. The molecule has 0 spiro atoms. The first-order chi connectivity index (χ1) is 14.9. The van der Waals surface area contributed by atoms with Crippen LogP contribution < -0.4 is 4.74 Å². The van der Waals surface area contributed by atoms with Gasteiger partial charge in [-0.2, -0.15) is 22.8 Å². The van der Waals surface area contributed by atoms with E-state index in [9.17, 15) is 13.2 Å². The van der Waals surface area contributed by atoms with E-state index in [4.69, 9.17) is 4.74 Å². The van der Waals surface area contributed by atoms with Gasteiger partial charge in [0.2, 0.25) is 0 Å². The van der Waals surface area contributed by atoms with Gasteiger partial charge in [0.1, 0.15) is 10.8 Å². The van der Waals surface area contributed by atoms with Crippen LogP contribution >= 0.6 is 11.8 Å². The van der Waals surface area contributed by atoms with Crippen molar-refractivity contribution in [2.24, 2.45) is 0 Å². The summed E-state index contributed by atoms with van der Waals surface area (Å²) in [4.78, 5) is 4.66. The summed E-state index contributed by atoms with van der Waals surface area (Å²) in [5, 5.41) is 11.7. The number of hydrogen-bond acceptors (Lipinski definition) is 6. The zero-order valence-electron chi connectivity index (χ0n) is 15.9. The van der Waals surface area contributed by atoms with Gasteiger partial charge in [-0.25, -0.2) is 4.98 Å². The number of hydrogen-bond donors (Lipinski definition) is 0. The van der Waals surface area contributed by atoms with E-state index in [1.54, 1.807) is 13.2 Å². The minimum Gasteiger partial charge on any atom is -0.497 e. The number of ether oxygens (including phenoxy) is 1. The van der Waals surface area contributed by atoms with Crippen molar-refractivity contribution in [3.8, 4) is 11.4 Å². The summed E-state index contributed by atoms with van der Waals surface area (Å²) >= 11 is 1.15. The third-order valence-electron chi connectivity index (χ3n) is 4.55. The van der Waals surface area contributed by atoms with Crippen molar-refractivity contribution in [2.45, 2.75) is 16.4 Å². The Bertz CT molecular complexity index is 1390. The molecule has 2 aromatic carbocycles. The van der Waals surface area contributed by atoms with Crippen molar-refractivity contribution in [3.63, 3.8) is 0 Å². The van der Waals surface area contributed by atoms with Crippen LogP contribution in [0.3, 0.4) is 0 Å². The summed E-state index contributed by atoms with van der Waals surface area (Å²) in [7, 11) is 1.59. The molecule has 3 aromatic heterocycles. The molecule has 5 aromatic rings. The molecule has 0 atom stereocenters. The molecule has 156 valence electrons. The van der Waals surface area contributed by atoms with E-state index in [-0.39, 0.29) is 5.65 Å². The normalized spacial score (nSPS) is 12.0. The predicted molar refractivity (Wildman–Crippen MR) is 108 cm³/mol. The van der Waals surface area contributed by atoms with Crippen LogP contribution in [0, 0.1) is 0 Å². The molecular weight excluding hydrogens is 429 g/mol. The van der Waals surface area contributed by atoms with Crippen LogP contribution in [-0.4, -0.2) is 36.5 Å². The molecule has 0 radical (unpaired) electrons. The molecular formula is C20H13F3N6OS. The molecule has 7 nitrogen and oxygen atoms in total. The first-order valence-electron chi connectivity index (χ1n) is 9.03. The Hall–Kier alpha value is -3.60. The van der Waals surface area contributed by atoms with Crippen molar-refractivity contribution in [1.82, 2.24) is 29.4 Å². The number of rotatable bonds is 4. The van der Waals surface area contributed by atoms with Gasteiger partial charge < -0.3 is 4.74 Å². The summed E-state index contributed by atoms with van der Waals surface area (Å²) in [6, 6.07) is 18.0. The average molecular weight is 442 g/mol. The lowest BCUT2D eigenvalue weighted by Gasteiger charge is -2.10. The van der Waals surface area contributed by atoms with Gasteiger partial charge in [0.25, 0.3) is 5.82 Å². The fourth-order valence-corrected chi connectivity index (χ4v) is 4.03. The van der Waals surface area contributed by atoms with Crippen molar-refractivity contribution in [1.29, 1.82) is 0 Å². The lowest BCUT2D eigenvalue weighted by Crippen LogP contribution is -2.12. The van der Waals surface area contributed by atoms with E-state index in [0.29, 0.717) is 20.4 Å². The topological polar surface area (TPSA) is 70.1 Å². The third kappa shape index (κ3) is 3.46. The number of methoxy groups -OCH3 is 1. The number of alkyl halides is 3. The highest BCUT2D eigenvalue weighted by Gasteiger charge is 2.37. The average Bonchev–Trinajstić information content (AvgIpc) is 3.34. The Balaban J connectivity index is 1.62. The second-order valence-corrected chi connectivity index (χ2v) is 7.47. The highest BCUT2D eigenvalue weighted by molar-refractivity contribution is 7.99. The molecule has 0 bridgehead atoms. The molecule has 11 heteroatoms. The molecule has 0 aliphatic heterocycles. The smallest absolute Gasteiger partial charge is 0.453 e. The first-order valence-corrected chi connectivity index (χ1v) is 9.85. The van der Waals surface area contributed by atoms with Crippen LogP contribution in [0.15, 0.2) is 70.8 Å². The fraction of sp³-hybridized carbons (Fsp3) is 0.100. The van der Waals surface area contributed by atoms with Gasteiger partial charge in [-0.05, 0) is 60.3 Å². The summed E-state index contributed by atoms with van der Waals surface area (Å²) in [5.41, 5.74) is 2.46. The van der Waals surface area contributed by atoms with Crippen LogP contribution in [0.25, 0.3) is 22.4 Å². The molecule has 3 heterocycles. The van der Waals surface area contributed by atoms with Crippen molar-refractivity contribution in [2.75, 3.05) is 7.11 Å². The SMILES string of the molecule is COc1ccc(-n2c(Sc3ccc4nnc(C(F)(F)F)n4n3)nc3ccccc32)cc1. The van der Waals surface area contributed by atoms with Gasteiger partial charge in [-0.3, -0.25) is 4.57 Å². The number of imidazole rings is 1. The monoisotopic (exact) mass is 442 g/mol. The molecule has 0 aliphatic carbocycles. The van der Waals surface area contributed by atoms with Gasteiger partial charge in [0.15, 0.2) is 10.8 Å². The quantitative estimate of drug-likeness (QED) is 0.404. The second kappa shape index (κ2) is 7.27. The zero-order chi connectivity index (χ0) is 21.6. The number of halogens is 3. The number of para-hydroxylation sites is 2. The minimum absolute atomic E-state index is 0.0142. The van der Waals surface area contributed by atoms with Crippen molar-refractivity contribution >= 4 is 28.4 Å². The Morgan fingerprint density at radius 1 is 0.935 bits per heavy atom. The Morgan fingerprint density at radius 3 is 2.45 bits per heavy atom. The van der Waals surface area contributed by atoms with E-state index in [2.05, 4.69) is 20.3 Å². The molecule has 0 saturated carbocycles. The van der Waals surface area contributed by atoms with Crippen LogP contribution in [0.5, 0.6) is 5.75 Å². The van der Waals surface area contributed by atoms with Crippen LogP contribution in [0.4, 0.5) is 13.2 Å². The van der Waals surface area contributed by atoms with E-state index >= 15 is 0 Å². The number of aromatic nitrogens is 6. The molecule has 0 amide bonds. The number of nitrogens with zero attached hydrogens (tertiary/aromatic N) is 6. The van der Waals surface area contributed by atoms with Crippen molar-refractivity contribution in [3.05, 3.63) is 66.5 Å². The largest absolute Gasteiger partial charge is 0.497 e. The predicted octanol–water partition coefficient (Wildman–Crippen LogP) is 4.64. The minimum atomic E-state index is -4.66. The van der Waals surface area contributed by atoms with E-state index in [0.717, 1.165) is 28.5 Å². The van der Waals surface area contributed by atoms with Gasteiger partial charge in [0.05, 0.1) is 18.1 Å². The molecule has 0 saturated heterocycles. The van der Waals surface area contributed by atoms with Crippen LogP contribution in [-0.2, 0) is 6.18 Å². The lowest BCUT2D eigenvalue weighted by molar-refractivity contribution is -0.146. The van der Waals surface area contributed by atoms with Crippen LogP contribution in [0.2, 0.25) is 0 Å². The van der Waals surface area contributed by atoms with Gasteiger partial charge >= 0.3 is 6.18 Å². The number of fused-ring (bicyclic) bond motifs is 2. The van der Waals surface area contributed by atoms with Gasteiger partial charge in [-0.1, -0.05) is 12.1 Å². The van der Waals surface area contributed by atoms with Gasteiger partial charge in [-0.15, -0.1) is 10.2 Å². The Labute approximate surface area is 177 Å². The zero-order valence-corrected chi connectivity index (χ0v) is 16.7. The lowest BCUT2D eigenvalue weighted by atomic mass is 10.2. The maximum absolute atomic E-state index is 13.2. The summed E-state index contributed by atoms with van der Waals surface area (Å²) in [5.74, 6) is -0.463. The van der Waals surface area contributed by atoms with Crippen molar-refractivity contribution < 1.29 is 17.9 Å². The summed E-state index contributed by atoms with van der Waals surface area (Å²) < 4.78 is 47.4. The van der Waals surface area contributed by atoms with E-state index in [1.165, 1.54) is 6.07 Å². The van der Waals surface area contributed by atoms with Gasteiger partial charge in [0, 0.05) is 5.69 Å². The number of benzene rings is 2. The highest BCUT2D eigenvalue weighted by atomic mass is 32.2. The summed E-state index contributed by atoms with van der Waals surface area (Å²) in [6.07, 6.45) is -4.66. The van der Waals surface area contributed by atoms with E-state index < -0.39 is 12.0 Å². The molecule has 0 aliphatic rings. The third-order valence-corrected chi connectivity index (χ3v) is 5.43. The molecule has 0 fully saturated rings. The standard InChI is InChI=1S/C20H13F3N6OS/c1-30-13-8-6-12(7-9-13)28-15-5-3-2-4-14(15)24-19(28)31-17-11-10-16-25-26-18(20(21,22)23)29(16)27-17/h2-11H,1H3. The highest BCUT2D eigenvalue weighted by Crippen LogP contribution is 2.33. The maximum atomic E-state index is 13.2. The van der Waals surface area contributed by atoms with E-state index in [1.807, 2.05) is 53.1 Å². The molecule has 0 N–H and O–H groups in total.